The number of carbonyl (C=O) groups is 2. The van der Waals surface area contributed by atoms with E-state index in [0.29, 0.717) is 13.0 Å². The Morgan fingerprint density at radius 3 is 2.50 bits per heavy atom. The van der Waals surface area contributed by atoms with Gasteiger partial charge in [0.1, 0.15) is 0 Å². The predicted octanol–water partition coefficient (Wildman–Crippen LogP) is 2.34. The summed E-state index contributed by atoms with van der Waals surface area (Å²) in [5, 5.41) is 0. The number of aromatic nitrogens is 1. The Morgan fingerprint density at radius 2 is 1.82 bits per heavy atom. The Kier molecular flexibility index (Phi) is 3.75. The van der Waals surface area contributed by atoms with Gasteiger partial charge in [-0.3, -0.25) is 19.5 Å². The van der Waals surface area contributed by atoms with Crippen molar-refractivity contribution in [3.63, 3.8) is 0 Å². The third-order valence-electron chi connectivity index (χ3n) is 4.25. The molecule has 2 heterocycles. The van der Waals surface area contributed by atoms with Crippen LogP contribution in [-0.4, -0.2) is 28.2 Å². The number of hydrogen-bond acceptors (Lipinski definition) is 3. The van der Waals surface area contributed by atoms with Crippen molar-refractivity contribution in [1.29, 1.82) is 0 Å². The first-order valence-electron chi connectivity index (χ1n) is 7.41. The van der Waals surface area contributed by atoms with Crippen molar-refractivity contribution in [2.75, 3.05) is 6.54 Å². The summed E-state index contributed by atoms with van der Waals surface area (Å²) >= 11 is 0. The van der Waals surface area contributed by atoms with Crippen molar-refractivity contribution in [2.24, 2.45) is 0 Å². The number of nitrogens with zero attached hydrogens (tertiary/aromatic N) is 2. The second kappa shape index (κ2) is 5.72. The molecular formula is C18H18N2O2. The van der Waals surface area contributed by atoms with Gasteiger partial charge in [-0.1, -0.05) is 36.4 Å². The molecule has 1 atom stereocenters. The lowest BCUT2D eigenvalue weighted by Crippen LogP contribution is -2.37. The van der Waals surface area contributed by atoms with Crippen LogP contribution in [0, 0.1) is 0 Å². The van der Waals surface area contributed by atoms with E-state index in [1.54, 1.807) is 6.20 Å². The lowest BCUT2D eigenvalue weighted by Gasteiger charge is -2.22. The van der Waals surface area contributed by atoms with Gasteiger partial charge in [0.2, 0.25) is 11.8 Å². The van der Waals surface area contributed by atoms with Gasteiger partial charge in [-0.25, -0.2) is 0 Å². The lowest BCUT2D eigenvalue weighted by atomic mass is 9.81. The van der Waals surface area contributed by atoms with Gasteiger partial charge < -0.3 is 0 Å². The van der Waals surface area contributed by atoms with E-state index >= 15 is 0 Å². The normalized spacial score (nSPS) is 21.4. The average Bonchev–Trinajstić information content (AvgIpc) is 2.78. The summed E-state index contributed by atoms with van der Waals surface area (Å²) in [6.07, 6.45) is 2.54. The molecule has 0 bridgehead atoms. The van der Waals surface area contributed by atoms with Gasteiger partial charge in [-0.15, -0.1) is 0 Å². The van der Waals surface area contributed by atoms with Crippen LogP contribution < -0.4 is 0 Å². The average molecular weight is 294 g/mol. The smallest absolute Gasteiger partial charge is 0.240 e. The molecule has 3 rings (SSSR count). The minimum atomic E-state index is -0.748. The third kappa shape index (κ3) is 2.52. The Bertz CT molecular complexity index is 685. The van der Waals surface area contributed by atoms with Crippen LogP contribution in [0.1, 0.15) is 24.6 Å². The summed E-state index contributed by atoms with van der Waals surface area (Å²) in [6.45, 7) is 2.24. The number of imide groups is 1. The number of likely N-dealkylation sites (tertiary alicyclic amines) is 1. The fourth-order valence-corrected chi connectivity index (χ4v) is 2.91. The van der Waals surface area contributed by atoms with Crippen molar-refractivity contribution >= 4 is 11.8 Å². The van der Waals surface area contributed by atoms with Crippen LogP contribution in [0.4, 0.5) is 0 Å². The van der Waals surface area contributed by atoms with E-state index in [0.717, 1.165) is 11.3 Å². The zero-order valence-electron chi connectivity index (χ0n) is 12.5. The van der Waals surface area contributed by atoms with E-state index in [9.17, 15) is 9.59 Å². The van der Waals surface area contributed by atoms with Crippen LogP contribution in [0.3, 0.4) is 0 Å². The van der Waals surface area contributed by atoms with Crippen molar-refractivity contribution in [2.45, 2.75) is 25.2 Å². The first-order chi connectivity index (χ1) is 10.6. The minimum Gasteiger partial charge on any atom is -0.281 e. The maximum atomic E-state index is 12.7. The van der Waals surface area contributed by atoms with Crippen LogP contribution >= 0.6 is 0 Å². The first-order valence-corrected chi connectivity index (χ1v) is 7.41. The number of rotatable bonds is 4. The lowest BCUT2D eigenvalue weighted by molar-refractivity contribution is -0.139. The molecule has 2 amide bonds. The SMILES string of the molecule is C[C@]1(c2ccccc2)CC(=O)N(CCc2ccccn2)C1=O. The predicted molar refractivity (Wildman–Crippen MR) is 83.1 cm³/mol. The molecule has 4 nitrogen and oxygen atoms in total. The molecule has 112 valence electrons. The highest BCUT2D eigenvalue weighted by atomic mass is 16.2. The topological polar surface area (TPSA) is 50.3 Å². The summed E-state index contributed by atoms with van der Waals surface area (Å²) in [4.78, 5) is 30.6. The Hall–Kier alpha value is -2.49. The minimum absolute atomic E-state index is 0.104. The molecular weight excluding hydrogens is 276 g/mol. The van der Waals surface area contributed by atoms with Crippen LogP contribution in [0.5, 0.6) is 0 Å². The monoisotopic (exact) mass is 294 g/mol. The first kappa shape index (κ1) is 14.4. The fraction of sp³-hybridized carbons (Fsp3) is 0.278. The summed E-state index contributed by atoms with van der Waals surface area (Å²) in [5.74, 6) is -0.216. The maximum absolute atomic E-state index is 12.7. The number of carbonyl (C=O) groups excluding carboxylic acids is 2. The molecule has 1 saturated heterocycles. The van der Waals surface area contributed by atoms with Gasteiger partial charge in [0.05, 0.1) is 5.41 Å². The summed E-state index contributed by atoms with van der Waals surface area (Å²) < 4.78 is 0. The number of pyridine rings is 1. The largest absolute Gasteiger partial charge is 0.281 e. The highest BCUT2D eigenvalue weighted by molar-refractivity contribution is 6.08. The van der Waals surface area contributed by atoms with Crippen molar-refractivity contribution in [3.05, 3.63) is 66.0 Å². The van der Waals surface area contributed by atoms with E-state index in [1.165, 1.54) is 4.90 Å². The van der Waals surface area contributed by atoms with Crippen molar-refractivity contribution in [1.82, 2.24) is 9.88 Å². The molecule has 0 unspecified atom stereocenters. The molecule has 1 aliphatic rings. The van der Waals surface area contributed by atoms with Crippen LogP contribution in [-0.2, 0) is 21.4 Å². The zero-order chi connectivity index (χ0) is 15.6. The van der Waals surface area contributed by atoms with Gasteiger partial charge in [-0.05, 0) is 24.6 Å². The molecule has 1 aliphatic heterocycles. The van der Waals surface area contributed by atoms with E-state index in [2.05, 4.69) is 4.98 Å². The molecule has 0 saturated carbocycles. The number of hydrogen-bond donors (Lipinski definition) is 0. The van der Waals surface area contributed by atoms with E-state index < -0.39 is 5.41 Å². The van der Waals surface area contributed by atoms with Gasteiger partial charge in [0, 0.05) is 31.3 Å². The van der Waals surface area contributed by atoms with E-state index in [4.69, 9.17) is 0 Å². The Balaban J connectivity index is 1.77. The zero-order valence-corrected chi connectivity index (χ0v) is 12.5. The number of amides is 2. The second-order valence-electron chi connectivity index (χ2n) is 5.80. The summed E-state index contributed by atoms with van der Waals surface area (Å²) in [7, 11) is 0. The molecule has 0 aliphatic carbocycles. The molecule has 4 heteroatoms. The van der Waals surface area contributed by atoms with E-state index in [-0.39, 0.29) is 18.2 Å². The van der Waals surface area contributed by atoms with Gasteiger partial charge in [0.25, 0.3) is 0 Å². The fourth-order valence-electron chi connectivity index (χ4n) is 2.91. The molecule has 1 aromatic carbocycles. The van der Waals surface area contributed by atoms with Crippen molar-refractivity contribution < 1.29 is 9.59 Å². The third-order valence-corrected chi connectivity index (χ3v) is 4.25. The molecule has 22 heavy (non-hydrogen) atoms. The standard InChI is InChI=1S/C18H18N2O2/c1-18(14-7-3-2-4-8-14)13-16(21)20(17(18)22)12-10-15-9-5-6-11-19-15/h2-9,11H,10,12-13H2,1H3/t18-/m1/s1. The Morgan fingerprint density at radius 1 is 1.09 bits per heavy atom. The second-order valence-corrected chi connectivity index (χ2v) is 5.80. The van der Waals surface area contributed by atoms with Crippen molar-refractivity contribution in [3.8, 4) is 0 Å². The molecule has 0 spiro atoms. The van der Waals surface area contributed by atoms with Crippen LogP contribution in [0.25, 0.3) is 0 Å². The Labute approximate surface area is 129 Å². The van der Waals surface area contributed by atoms with Gasteiger partial charge in [0.15, 0.2) is 0 Å². The highest BCUT2D eigenvalue weighted by Crippen LogP contribution is 2.36. The van der Waals surface area contributed by atoms with Crippen LogP contribution in [0.15, 0.2) is 54.7 Å². The molecule has 0 radical (unpaired) electrons. The quantitative estimate of drug-likeness (QED) is 0.813. The van der Waals surface area contributed by atoms with Gasteiger partial charge >= 0.3 is 0 Å². The van der Waals surface area contributed by atoms with Crippen LogP contribution in [0.2, 0.25) is 0 Å². The number of benzene rings is 1. The van der Waals surface area contributed by atoms with Gasteiger partial charge in [-0.2, -0.15) is 0 Å². The summed E-state index contributed by atoms with van der Waals surface area (Å²) in [6, 6.07) is 15.2. The molecule has 0 N–H and O–H groups in total. The van der Waals surface area contributed by atoms with E-state index in [1.807, 2.05) is 55.5 Å². The molecule has 1 aromatic heterocycles. The molecule has 2 aromatic rings. The maximum Gasteiger partial charge on any atom is 0.240 e. The molecule has 1 fully saturated rings. The highest BCUT2D eigenvalue weighted by Gasteiger charge is 2.48. The summed E-state index contributed by atoms with van der Waals surface area (Å²) in [5.41, 5.74) is 1.03.